The second-order valence-electron chi connectivity index (χ2n) is 2.47. The Bertz CT molecular complexity index is 329. The topological polar surface area (TPSA) is 69.0 Å². The van der Waals surface area contributed by atoms with Crippen LogP contribution in [0.1, 0.15) is 11.1 Å². The van der Waals surface area contributed by atoms with E-state index in [0.29, 0.717) is 5.69 Å². The van der Waals surface area contributed by atoms with E-state index in [0.717, 1.165) is 11.1 Å². The molecule has 0 saturated heterocycles. The summed E-state index contributed by atoms with van der Waals surface area (Å²) < 4.78 is 0. The Kier molecular flexibility index (Phi) is 2.69. The van der Waals surface area contributed by atoms with Gasteiger partial charge in [0.2, 0.25) is 0 Å². The van der Waals surface area contributed by atoms with Gasteiger partial charge in [0.15, 0.2) is 0 Å². The third-order valence-electron chi connectivity index (χ3n) is 1.60. The number of nitrogens with zero attached hydrogens (tertiary/aromatic N) is 3. The molecule has 0 heterocycles. The van der Waals surface area contributed by atoms with Gasteiger partial charge in [-0.1, -0.05) is 23.3 Å². The minimum Gasteiger partial charge on any atom is -0.392 e. The highest BCUT2D eigenvalue weighted by molar-refractivity contribution is 5.46. The second kappa shape index (κ2) is 3.76. The zero-order chi connectivity index (χ0) is 8.97. The molecule has 0 amide bonds. The standard InChI is InChI=1S/C8H9N3O/c1-6-4-7(5-12)2-3-8(6)10-11-9/h2-4,12H,5H2,1H3. The first-order chi connectivity index (χ1) is 5.77. The van der Waals surface area contributed by atoms with E-state index >= 15 is 0 Å². The number of rotatable bonds is 2. The summed E-state index contributed by atoms with van der Waals surface area (Å²) in [5.41, 5.74) is 10.5. The van der Waals surface area contributed by atoms with E-state index in [1.165, 1.54) is 0 Å². The molecule has 1 aromatic rings. The van der Waals surface area contributed by atoms with Gasteiger partial charge < -0.3 is 5.11 Å². The maximum Gasteiger partial charge on any atom is 0.0681 e. The highest BCUT2D eigenvalue weighted by atomic mass is 16.3. The SMILES string of the molecule is Cc1cc(CO)ccc1N=[N+]=[N-]. The molecule has 0 saturated carbocycles. The fraction of sp³-hybridized carbons (Fsp3) is 0.250. The molecule has 0 fully saturated rings. The molecule has 4 heteroatoms. The maximum absolute atomic E-state index is 8.78. The van der Waals surface area contributed by atoms with E-state index in [1.54, 1.807) is 18.2 Å². The van der Waals surface area contributed by atoms with Gasteiger partial charge in [0.05, 0.1) is 6.61 Å². The first-order valence-electron chi connectivity index (χ1n) is 3.53. The smallest absolute Gasteiger partial charge is 0.0681 e. The molecular weight excluding hydrogens is 154 g/mol. The molecule has 0 radical (unpaired) electrons. The van der Waals surface area contributed by atoms with Gasteiger partial charge in [0.25, 0.3) is 0 Å². The molecule has 0 aromatic heterocycles. The average Bonchev–Trinajstić information content (AvgIpc) is 2.09. The lowest BCUT2D eigenvalue weighted by Crippen LogP contribution is -1.83. The number of aryl methyl sites for hydroxylation is 1. The van der Waals surface area contributed by atoms with Gasteiger partial charge in [-0.2, -0.15) is 0 Å². The minimum atomic E-state index is 0.0113. The van der Waals surface area contributed by atoms with Crippen LogP contribution in [0.3, 0.4) is 0 Å². The normalized spacial score (nSPS) is 9.17. The molecule has 0 aliphatic rings. The molecule has 4 nitrogen and oxygen atoms in total. The van der Waals surface area contributed by atoms with E-state index in [4.69, 9.17) is 10.6 Å². The lowest BCUT2D eigenvalue weighted by atomic mass is 10.1. The lowest BCUT2D eigenvalue weighted by Gasteiger charge is -2.00. The predicted octanol–water partition coefficient (Wildman–Crippen LogP) is 2.43. The summed E-state index contributed by atoms with van der Waals surface area (Å²) in [7, 11) is 0. The van der Waals surface area contributed by atoms with Crippen molar-refractivity contribution in [1.82, 2.24) is 0 Å². The van der Waals surface area contributed by atoms with Gasteiger partial charge in [-0.25, -0.2) is 0 Å². The number of azide groups is 1. The van der Waals surface area contributed by atoms with Gasteiger partial charge in [0.1, 0.15) is 0 Å². The first kappa shape index (κ1) is 8.59. The van der Waals surface area contributed by atoms with Gasteiger partial charge >= 0.3 is 0 Å². The molecule has 1 aromatic carbocycles. The Hall–Kier alpha value is -1.51. The van der Waals surface area contributed by atoms with E-state index in [9.17, 15) is 0 Å². The summed E-state index contributed by atoms with van der Waals surface area (Å²) in [5, 5.41) is 12.3. The van der Waals surface area contributed by atoms with Crippen LogP contribution < -0.4 is 0 Å². The monoisotopic (exact) mass is 163 g/mol. The molecule has 0 unspecified atom stereocenters. The number of hydrogen-bond acceptors (Lipinski definition) is 2. The lowest BCUT2D eigenvalue weighted by molar-refractivity contribution is 0.282. The molecule has 62 valence electrons. The summed E-state index contributed by atoms with van der Waals surface area (Å²) >= 11 is 0. The van der Waals surface area contributed by atoms with E-state index in [-0.39, 0.29) is 6.61 Å². The van der Waals surface area contributed by atoms with Crippen molar-refractivity contribution in [2.75, 3.05) is 0 Å². The Morgan fingerprint density at radius 3 is 2.83 bits per heavy atom. The molecule has 0 aliphatic carbocycles. The zero-order valence-corrected chi connectivity index (χ0v) is 6.73. The Balaban J connectivity index is 3.11. The van der Waals surface area contributed by atoms with E-state index in [2.05, 4.69) is 10.0 Å². The van der Waals surface area contributed by atoms with E-state index < -0.39 is 0 Å². The highest BCUT2D eigenvalue weighted by Gasteiger charge is 1.96. The number of benzene rings is 1. The van der Waals surface area contributed by atoms with Crippen LogP contribution in [0.5, 0.6) is 0 Å². The van der Waals surface area contributed by atoms with Crippen LogP contribution in [-0.4, -0.2) is 5.11 Å². The summed E-state index contributed by atoms with van der Waals surface area (Å²) in [6.07, 6.45) is 0. The van der Waals surface area contributed by atoms with Crippen molar-refractivity contribution in [3.05, 3.63) is 39.8 Å². The minimum absolute atomic E-state index is 0.0113. The quantitative estimate of drug-likeness (QED) is 0.406. The van der Waals surface area contributed by atoms with Crippen LogP contribution in [0.15, 0.2) is 23.3 Å². The van der Waals surface area contributed by atoms with Crippen LogP contribution >= 0.6 is 0 Å². The third kappa shape index (κ3) is 1.75. The van der Waals surface area contributed by atoms with Crippen LogP contribution in [0.25, 0.3) is 10.4 Å². The molecule has 0 spiro atoms. The van der Waals surface area contributed by atoms with E-state index in [1.807, 2.05) is 6.92 Å². The van der Waals surface area contributed by atoms with Crippen molar-refractivity contribution >= 4 is 5.69 Å². The molecule has 0 aliphatic heterocycles. The van der Waals surface area contributed by atoms with Gasteiger partial charge in [-0.3, -0.25) is 0 Å². The molecule has 0 atom stereocenters. The zero-order valence-electron chi connectivity index (χ0n) is 6.73. The van der Waals surface area contributed by atoms with Gasteiger partial charge in [-0.05, 0) is 23.6 Å². The van der Waals surface area contributed by atoms with Crippen molar-refractivity contribution < 1.29 is 5.11 Å². The van der Waals surface area contributed by atoms with Crippen LogP contribution in [0.4, 0.5) is 5.69 Å². The van der Waals surface area contributed by atoms with Crippen molar-refractivity contribution in [3.8, 4) is 0 Å². The summed E-state index contributed by atoms with van der Waals surface area (Å²) in [4.78, 5) is 2.68. The van der Waals surface area contributed by atoms with Crippen LogP contribution in [0, 0.1) is 6.92 Å². The maximum atomic E-state index is 8.78. The Labute approximate surface area is 70.1 Å². The molecular formula is C8H9N3O. The van der Waals surface area contributed by atoms with Crippen LogP contribution in [-0.2, 0) is 6.61 Å². The number of aliphatic hydroxyl groups excluding tert-OH is 1. The number of aliphatic hydroxyl groups is 1. The van der Waals surface area contributed by atoms with Crippen molar-refractivity contribution in [1.29, 1.82) is 0 Å². The molecule has 12 heavy (non-hydrogen) atoms. The predicted molar refractivity (Wildman–Crippen MR) is 45.9 cm³/mol. The molecule has 0 bridgehead atoms. The fourth-order valence-electron chi connectivity index (χ4n) is 0.976. The summed E-state index contributed by atoms with van der Waals surface area (Å²) in [6.45, 7) is 1.85. The second-order valence-corrected chi connectivity index (χ2v) is 2.47. The number of hydrogen-bond donors (Lipinski definition) is 1. The Morgan fingerprint density at radius 2 is 2.33 bits per heavy atom. The summed E-state index contributed by atoms with van der Waals surface area (Å²) in [6, 6.07) is 5.22. The van der Waals surface area contributed by atoms with Crippen molar-refractivity contribution in [2.24, 2.45) is 5.11 Å². The summed E-state index contributed by atoms with van der Waals surface area (Å²) in [5.74, 6) is 0. The molecule has 1 N–H and O–H groups in total. The fourth-order valence-corrected chi connectivity index (χ4v) is 0.976. The third-order valence-corrected chi connectivity index (χ3v) is 1.60. The first-order valence-corrected chi connectivity index (χ1v) is 3.53. The molecule has 1 rings (SSSR count). The average molecular weight is 163 g/mol. The van der Waals surface area contributed by atoms with Gasteiger partial charge in [-0.15, -0.1) is 0 Å². The van der Waals surface area contributed by atoms with Crippen LogP contribution in [0.2, 0.25) is 0 Å². The van der Waals surface area contributed by atoms with Crippen molar-refractivity contribution in [2.45, 2.75) is 13.5 Å². The van der Waals surface area contributed by atoms with Gasteiger partial charge in [0, 0.05) is 10.6 Å². The van der Waals surface area contributed by atoms with Crippen molar-refractivity contribution in [3.63, 3.8) is 0 Å². The highest BCUT2D eigenvalue weighted by Crippen LogP contribution is 2.19. The Morgan fingerprint density at radius 1 is 1.58 bits per heavy atom. The largest absolute Gasteiger partial charge is 0.392 e.